The quantitative estimate of drug-likeness (QED) is 0.490. The smallest absolute Gasteiger partial charge is 0.0957 e. The van der Waals surface area contributed by atoms with Crippen LogP contribution >= 0.6 is 11.8 Å². The average Bonchev–Trinajstić information content (AvgIpc) is 3.09. The van der Waals surface area contributed by atoms with E-state index in [1.165, 1.54) is 46.1 Å². The van der Waals surface area contributed by atoms with Gasteiger partial charge in [0, 0.05) is 52.7 Å². The number of thioether (sulfide) groups is 1. The summed E-state index contributed by atoms with van der Waals surface area (Å²) in [6.45, 7) is 4.28. The van der Waals surface area contributed by atoms with E-state index in [9.17, 15) is 0 Å². The van der Waals surface area contributed by atoms with Gasteiger partial charge in [-0.3, -0.25) is 9.89 Å². The third-order valence-electron chi connectivity index (χ3n) is 5.98. The minimum Gasteiger partial charge on any atom is -0.351 e. The molecule has 0 aliphatic carbocycles. The number of fused-ring (bicyclic) bond motifs is 4. The van der Waals surface area contributed by atoms with Gasteiger partial charge in [-0.15, -0.1) is 0 Å². The van der Waals surface area contributed by atoms with Gasteiger partial charge < -0.3 is 4.98 Å². The summed E-state index contributed by atoms with van der Waals surface area (Å²) in [7, 11) is 0. The predicted molar refractivity (Wildman–Crippen MR) is 124 cm³/mol. The first-order valence-electron chi connectivity index (χ1n) is 10.2. The molecule has 0 unspecified atom stereocenters. The molecule has 1 fully saturated rings. The van der Waals surface area contributed by atoms with Crippen LogP contribution in [0.3, 0.4) is 0 Å². The van der Waals surface area contributed by atoms with Gasteiger partial charge in [0.1, 0.15) is 0 Å². The highest BCUT2D eigenvalue weighted by Crippen LogP contribution is 2.35. The zero-order chi connectivity index (χ0) is 19.2. The molecular formula is C24H22N4S. The van der Waals surface area contributed by atoms with Gasteiger partial charge in [0.15, 0.2) is 0 Å². The summed E-state index contributed by atoms with van der Waals surface area (Å²) < 4.78 is 0. The van der Waals surface area contributed by atoms with E-state index in [1.54, 1.807) is 0 Å². The summed E-state index contributed by atoms with van der Waals surface area (Å²) in [5.74, 6) is 2.49. The SMILES string of the molecule is c1ccc2[nH]c3c4ccc(=NCCN5CCSCC5)c5cccc(c3nc2c1)c54. The lowest BCUT2D eigenvalue weighted by Gasteiger charge is -2.25. The van der Waals surface area contributed by atoms with E-state index in [1.807, 2.05) is 12.1 Å². The first-order valence-corrected chi connectivity index (χ1v) is 11.4. The van der Waals surface area contributed by atoms with E-state index in [-0.39, 0.29) is 0 Å². The third-order valence-corrected chi connectivity index (χ3v) is 6.92. The molecule has 0 radical (unpaired) electrons. The molecule has 0 bridgehead atoms. The summed E-state index contributed by atoms with van der Waals surface area (Å²) in [6, 6.07) is 19.1. The van der Waals surface area contributed by atoms with Gasteiger partial charge >= 0.3 is 0 Å². The second kappa shape index (κ2) is 7.01. The van der Waals surface area contributed by atoms with Crippen LogP contribution in [-0.4, -0.2) is 52.6 Å². The minimum atomic E-state index is 0.852. The standard InChI is InChI=1S/C24H22N4S/c1-2-7-21-20(6-1)26-23-17-5-3-4-16-19(9-8-18(22(16)17)24(23)27-21)25-10-11-28-12-14-29-15-13-28/h1-9,27H,10-15H2. The molecule has 0 spiro atoms. The number of hydrogen-bond acceptors (Lipinski definition) is 4. The van der Waals surface area contributed by atoms with Crippen LogP contribution in [0.2, 0.25) is 0 Å². The Morgan fingerprint density at radius 2 is 1.79 bits per heavy atom. The Balaban J connectivity index is 1.50. The Bertz CT molecular complexity index is 1340. The molecule has 2 heterocycles. The molecule has 5 heteroatoms. The monoisotopic (exact) mass is 398 g/mol. The van der Waals surface area contributed by atoms with E-state index in [0.717, 1.165) is 40.5 Å². The molecule has 144 valence electrons. The van der Waals surface area contributed by atoms with Crippen molar-refractivity contribution in [3.05, 3.63) is 60.0 Å². The van der Waals surface area contributed by atoms with Crippen molar-refractivity contribution in [3.8, 4) is 0 Å². The van der Waals surface area contributed by atoms with Crippen LogP contribution < -0.4 is 5.36 Å². The number of rotatable bonds is 3. The molecule has 0 atom stereocenters. The van der Waals surface area contributed by atoms with Gasteiger partial charge in [0.05, 0.1) is 34.0 Å². The first-order chi connectivity index (χ1) is 14.4. The molecule has 29 heavy (non-hydrogen) atoms. The van der Waals surface area contributed by atoms with Crippen LogP contribution in [0, 0.1) is 0 Å². The lowest BCUT2D eigenvalue weighted by Crippen LogP contribution is -2.34. The van der Waals surface area contributed by atoms with Crippen LogP contribution in [0.4, 0.5) is 0 Å². The number of nitrogens with one attached hydrogen (secondary N) is 1. The third kappa shape index (κ3) is 2.88. The zero-order valence-electron chi connectivity index (χ0n) is 16.2. The second-order valence-corrected chi connectivity index (χ2v) is 8.90. The first kappa shape index (κ1) is 17.2. The molecule has 1 aliphatic heterocycles. The Kier molecular flexibility index (Phi) is 4.17. The summed E-state index contributed by atoms with van der Waals surface area (Å²) in [5, 5.41) is 6.03. The molecule has 1 saturated heterocycles. The van der Waals surface area contributed by atoms with Crippen LogP contribution in [0.5, 0.6) is 0 Å². The largest absolute Gasteiger partial charge is 0.351 e. The Labute approximate surface area is 173 Å². The molecule has 1 aromatic heterocycles. The second-order valence-electron chi connectivity index (χ2n) is 7.67. The highest BCUT2D eigenvalue weighted by Gasteiger charge is 2.15. The molecule has 1 N–H and O–H groups in total. The molecule has 4 nitrogen and oxygen atoms in total. The fraction of sp³-hybridized carbons (Fsp3) is 0.250. The van der Waals surface area contributed by atoms with Crippen molar-refractivity contribution in [3.63, 3.8) is 0 Å². The fourth-order valence-corrected chi connectivity index (χ4v) is 5.49. The average molecular weight is 399 g/mol. The summed E-state index contributed by atoms with van der Waals surface area (Å²) >= 11 is 2.05. The topological polar surface area (TPSA) is 44.3 Å². The van der Waals surface area contributed by atoms with E-state index in [2.05, 4.69) is 64.1 Å². The van der Waals surface area contributed by atoms with Crippen molar-refractivity contribution in [1.29, 1.82) is 0 Å². The maximum Gasteiger partial charge on any atom is 0.0957 e. The van der Waals surface area contributed by atoms with E-state index in [0.29, 0.717) is 0 Å². The van der Waals surface area contributed by atoms with Crippen LogP contribution in [-0.2, 0) is 0 Å². The van der Waals surface area contributed by atoms with Crippen LogP contribution in [0.15, 0.2) is 59.6 Å². The molecular weight excluding hydrogens is 376 g/mol. The van der Waals surface area contributed by atoms with Gasteiger partial charge in [-0.1, -0.05) is 36.4 Å². The summed E-state index contributed by atoms with van der Waals surface area (Å²) in [6.07, 6.45) is 0. The number of aromatic nitrogens is 2. The predicted octanol–water partition coefficient (Wildman–Crippen LogP) is 4.41. The molecule has 5 aromatic rings. The number of aromatic amines is 1. The van der Waals surface area contributed by atoms with Crippen molar-refractivity contribution >= 4 is 55.4 Å². The van der Waals surface area contributed by atoms with Crippen molar-refractivity contribution in [1.82, 2.24) is 14.9 Å². The molecule has 1 aliphatic rings. The van der Waals surface area contributed by atoms with Crippen molar-refractivity contribution in [2.75, 3.05) is 37.7 Å². The summed E-state index contributed by atoms with van der Waals surface area (Å²) in [5.41, 5.74) is 4.24. The fourth-order valence-electron chi connectivity index (χ4n) is 4.51. The van der Waals surface area contributed by atoms with Gasteiger partial charge in [0.25, 0.3) is 0 Å². The minimum absolute atomic E-state index is 0.852. The number of H-pyrrole nitrogens is 1. The molecule has 6 rings (SSSR count). The van der Waals surface area contributed by atoms with Crippen LogP contribution in [0.25, 0.3) is 43.6 Å². The van der Waals surface area contributed by atoms with E-state index in [4.69, 9.17) is 9.98 Å². The number of para-hydroxylation sites is 2. The molecule has 0 saturated carbocycles. The van der Waals surface area contributed by atoms with Gasteiger partial charge in [-0.2, -0.15) is 11.8 Å². The maximum atomic E-state index is 4.98. The summed E-state index contributed by atoms with van der Waals surface area (Å²) in [4.78, 5) is 16.1. The number of hydrogen-bond donors (Lipinski definition) is 1. The Morgan fingerprint density at radius 3 is 2.72 bits per heavy atom. The maximum absolute atomic E-state index is 4.98. The lowest BCUT2D eigenvalue weighted by molar-refractivity contribution is 0.311. The Morgan fingerprint density at radius 1 is 0.931 bits per heavy atom. The van der Waals surface area contributed by atoms with Crippen molar-refractivity contribution in [2.45, 2.75) is 0 Å². The molecule has 4 aromatic carbocycles. The van der Waals surface area contributed by atoms with Crippen molar-refractivity contribution in [2.24, 2.45) is 4.99 Å². The van der Waals surface area contributed by atoms with E-state index >= 15 is 0 Å². The van der Waals surface area contributed by atoms with Gasteiger partial charge in [-0.25, -0.2) is 4.98 Å². The van der Waals surface area contributed by atoms with Gasteiger partial charge in [0.2, 0.25) is 0 Å². The zero-order valence-corrected chi connectivity index (χ0v) is 17.0. The van der Waals surface area contributed by atoms with Crippen molar-refractivity contribution < 1.29 is 0 Å². The van der Waals surface area contributed by atoms with Gasteiger partial charge in [-0.05, 0) is 18.2 Å². The molecule has 0 amide bonds. The highest BCUT2D eigenvalue weighted by molar-refractivity contribution is 7.99. The Hall–Kier alpha value is -2.63. The van der Waals surface area contributed by atoms with Crippen LogP contribution in [0.1, 0.15) is 0 Å². The normalized spacial score (nSPS) is 16.6. The highest BCUT2D eigenvalue weighted by atomic mass is 32.2. The van der Waals surface area contributed by atoms with E-state index < -0.39 is 0 Å². The number of benzene rings is 3. The number of nitrogens with zero attached hydrogens (tertiary/aromatic N) is 3. The lowest BCUT2D eigenvalue weighted by atomic mass is 10.1.